The summed E-state index contributed by atoms with van der Waals surface area (Å²) >= 11 is 4.96. The number of H-pyrrole nitrogens is 1. The summed E-state index contributed by atoms with van der Waals surface area (Å²) in [7, 11) is 0. The molecule has 0 bridgehead atoms. The Morgan fingerprint density at radius 1 is 1.45 bits per heavy atom. The zero-order chi connectivity index (χ0) is 14.7. The minimum Gasteiger partial charge on any atom is -0.382 e. The monoisotopic (exact) mass is 285 g/mol. The van der Waals surface area contributed by atoms with Gasteiger partial charge in [0, 0.05) is 12.6 Å². The van der Waals surface area contributed by atoms with Crippen molar-refractivity contribution in [3.63, 3.8) is 0 Å². The molecule has 4 N–H and O–H groups in total. The van der Waals surface area contributed by atoms with Gasteiger partial charge in [0.25, 0.3) is 0 Å². The predicted octanol–water partition coefficient (Wildman–Crippen LogP) is 2.22. The summed E-state index contributed by atoms with van der Waals surface area (Å²) in [6.07, 6.45) is 0. The number of hydrogen-bond acceptors (Lipinski definition) is 5. The minimum atomic E-state index is -0.150. The molecule has 7 heteroatoms. The molecule has 100 valence electrons. The molecule has 0 fully saturated rings. The van der Waals surface area contributed by atoms with Crippen LogP contribution < -0.4 is 11.1 Å². The molecule has 1 amide bonds. The van der Waals surface area contributed by atoms with Crippen LogP contribution in [0.2, 0.25) is 0 Å². The first-order valence-electron chi connectivity index (χ1n) is 5.69. The van der Waals surface area contributed by atoms with Crippen molar-refractivity contribution >= 4 is 29.6 Å². The zero-order valence-corrected chi connectivity index (χ0v) is 11.4. The average molecular weight is 285 g/mol. The highest BCUT2D eigenvalue weighted by molar-refractivity contribution is 7.71. The highest BCUT2D eigenvalue weighted by Crippen LogP contribution is 2.25. The van der Waals surface area contributed by atoms with Gasteiger partial charge in [-0.05, 0) is 29.9 Å². The fraction of sp³-hybridized carbons (Fsp3) is 0.0769. The van der Waals surface area contributed by atoms with E-state index in [2.05, 4.69) is 15.3 Å². The van der Waals surface area contributed by atoms with Crippen LogP contribution in [0.1, 0.15) is 12.5 Å². The summed E-state index contributed by atoms with van der Waals surface area (Å²) in [5, 5.41) is 11.8. The molecule has 0 aliphatic carbocycles. The van der Waals surface area contributed by atoms with E-state index in [0.29, 0.717) is 11.4 Å². The molecule has 2 aromatic rings. The van der Waals surface area contributed by atoms with Gasteiger partial charge in [0.15, 0.2) is 4.77 Å². The maximum absolute atomic E-state index is 11.0. The number of benzene rings is 1. The van der Waals surface area contributed by atoms with E-state index in [-0.39, 0.29) is 22.1 Å². The maximum Gasteiger partial charge on any atom is 0.221 e. The predicted molar refractivity (Wildman–Crippen MR) is 78.3 cm³/mol. The number of hydrogen-bond donors (Lipinski definition) is 3. The number of anilines is 2. The van der Waals surface area contributed by atoms with E-state index in [1.54, 1.807) is 24.3 Å². The van der Waals surface area contributed by atoms with Crippen molar-refractivity contribution in [3.8, 4) is 17.3 Å². The lowest BCUT2D eigenvalue weighted by Gasteiger charge is -2.07. The summed E-state index contributed by atoms with van der Waals surface area (Å²) in [6, 6.07) is 8.97. The van der Waals surface area contributed by atoms with Crippen molar-refractivity contribution in [1.82, 2.24) is 9.97 Å². The van der Waals surface area contributed by atoms with Crippen molar-refractivity contribution in [2.24, 2.45) is 0 Å². The van der Waals surface area contributed by atoms with E-state index in [0.717, 1.165) is 5.56 Å². The van der Waals surface area contributed by atoms with Crippen LogP contribution in [0.5, 0.6) is 0 Å². The standard InChI is InChI=1S/C13H11N5OS/c1-7(19)16-9-4-2-8(3-5-9)11-10(6-14)12(15)18-13(20)17-11/h2-5H,1H3,(H,16,19)(H3,15,17,18,20). The van der Waals surface area contributed by atoms with Gasteiger partial charge in [-0.3, -0.25) is 4.79 Å². The second kappa shape index (κ2) is 5.50. The topological polar surface area (TPSA) is 108 Å². The van der Waals surface area contributed by atoms with E-state index in [1.807, 2.05) is 6.07 Å². The molecule has 1 aromatic heterocycles. The Bertz CT molecular complexity index is 758. The Morgan fingerprint density at radius 2 is 2.10 bits per heavy atom. The number of nitrogen functional groups attached to an aromatic ring is 1. The maximum atomic E-state index is 11.0. The quantitative estimate of drug-likeness (QED) is 0.733. The van der Waals surface area contributed by atoms with Crippen LogP contribution in [-0.4, -0.2) is 15.9 Å². The summed E-state index contributed by atoms with van der Waals surface area (Å²) in [5.74, 6) is -0.0554. The van der Waals surface area contributed by atoms with Gasteiger partial charge in [-0.25, -0.2) is 4.98 Å². The molecular weight excluding hydrogens is 274 g/mol. The van der Waals surface area contributed by atoms with Crippen LogP contribution in [0.3, 0.4) is 0 Å². The number of nitrogens with two attached hydrogens (primary N) is 1. The van der Waals surface area contributed by atoms with Gasteiger partial charge < -0.3 is 16.0 Å². The summed E-state index contributed by atoms with van der Waals surface area (Å²) in [4.78, 5) is 17.7. The smallest absolute Gasteiger partial charge is 0.221 e. The fourth-order valence-corrected chi connectivity index (χ4v) is 1.94. The highest BCUT2D eigenvalue weighted by Gasteiger charge is 2.10. The van der Waals surface area contributed by atoms with E-state index >= 15 is 0 Å². The van der Waals surface area contributed by atoms with Crippen LogP contribution >= 0.6 is 12.2 Å². The molecule has 2 rings (SSSR count). The molecule has 0 aliphatic heterocycles. The van der Waals surface area contributed by atoms with Crippen LogP contribution in [0, 0.1) is 16.1 Å². The molecule has 0 aliphatic rings. The van der Waals surface area contributed by atoms with E-state index in [9.17, 15) is 4.79 Å². The lowest BCUT2D eigenvalue weighted by molar-refractivity contribution is -0.114. The largest absolute Gasteiger partial charge is 0.382 e. The van der Waals surface area contributed by atoms with Gasteiger partial charge in [-0.1, -0.05) is 12.1 Å². The number of carbonyl (C=O) groups is 1. The lowest BCUT2D eigenvalue weighted by atomic mass is 10.1. The number of nitriles is 1. The first-order valence-corrected chi connectivity index (χ1v) is 6.10. The Kier molecular flexibility index (Phi) is 3.77. The number of nitrogens with zero attached hydrogens (tertiary/aromatic N) is 2. The van der Waals surface area contributed by atoms with Crippen molar-refractivity contribution in [3.05, 3.63) is 34.6 Å². The van der Waals surface area contributed by atoms with Crippen LogP contribution in [-0.2, 0) is 4.79 Å². The fourth-order valence-electron chi connectivity index (χ4n) is 1.74. The van der Waals surface area contributed by atoms with E-state index < -0.39 is 0 Å². The number of rotatable bonds is 2. The van der Waals surface area contributed by atoms with Gasteiger partial charge in [-0.15, -0.1) is 0 Å². The lowest BCUT2D eigenvalue weighted by Crippen LogP contribution is -2.05. The first kappa shape index (κ1) is 13.7. The Hall–Kier alpha value is -2.72. The average Bonchev–Trinajstić information content (AvgIpc) is 2.38. The summed E-state index contributed by atoms with van der Waals surface area (Å²) in [5.41, 5.74) is 7.84. The molecule has 0 saturated heterocycles. The third-order valence-electron chi connectivity index (χ3n) is 2.57. The van der Waals surface area contributed by atoms with Crippen LogP contribution in [0.4, 0.5) is 11.5 Å². The molecule has 0 saturated carbocycles. The number of nitrogens with one attached hydrogen (secondary N) is 2. The van der Waals surface area contributed by atoms with Crippen LogP contribution in [0.15, 0.2) is 24.3 Å². The minimum absolute atomic E-state index is 0.0946. The van der Waals surface area contributed by atoms with Crippen molar-refractivity contribution < 1.29 is 4.79 Å². The second-order valence-corrected chi connectivity index (χ2v) is 4.43. The summed E-state index contributed by atoms with van der Waals surface area (Å²) < 4.78 is 0.211. The molecular formula is C13H11N5OS. The third kappa shape index (κ3) is 2.81. The molecule has 6 nitrogen and oxygen atoms in total. The van der Waals surface area contributed by atoms with Crippen molar-refractivity contribution in [2.45, 2.75) is 6.92 Å². The normalized spacial score (nSPS) is 9.80. The van der Waals surface area contributed by atoms with E-state index in [1.165, 1.54) is 6.92 Å². The number of amides is 1. The summed E-state index contributed by atoms with van der Waals surface area (Å²) in [6.45, 7) is 1.43. The highest BCUT2D eigenvalue weighted by atomic mass is 32.1. The number of aromatic nitrogens is 2. The SMILES string of the molecule is CC(=O)Nc1ccc(-c2[nH]c(=S)nc(N)c2C#N)cc1. The third-order valence-corrected chi connectivity index (χ3v) is 2.76. The van der Waals surface area contributed by atoms with Gasteiger partial charge >= 0.3 is 0 Å². The van der Waals surface area contributed by atoms with Crippen LogP contribution in [0.25, 0.3) is 11.3 Å². The molecule has 0 radical (unpaired) electrons. The Balaban J connectivity index is 2.50. The number of aromatic amines is 1. The molecule has 20 heavy (non-hydrogen) atoms. The Labute approximate surface area is 120 Å². The Morgan fingerprint density at radius 3 is 2.65 bits per heavy atom. The number of carbonyl (C=O) groups excluding carboxylic acids is 1. The van der Waals surface area contributed by atoms with Gasteiger partial charge in [0.1, 0.15) is 17.5 Å². The van der Waals surface area contributed by atoms with Gasteiger partial charge in [0.05, 0.1) is 5.69 Å². The molecule has 0 spiro atoms. The molecule has 1 aromatic carbocycles. The first-order chi connectivity index (χ1) is 9.51. The molecule has 1 heterocycles. The molecule has 0 atom stereocenters. The van der Waals surface area contributed by atoms with Gasteiger partial charge in [-0.2, -0.15) is 5.26 Å². The van der Waals surface area contributed by atoms with Gasteiger partial charge in [0.2, 0.25) is 5.91 Å². The van der Waals surface area contributed by atoms with Crippen molar-refractivity contribution in [2.75, 3.05) is 11.1 Å². The van der Waals surface area contributed by atoms with E-state index in [4.69, 9.17) is 23.2 Å². The molecule has 0 unspecified atom stereocenters. The van der Waals surface area contributed by atoms with Crippen molar-refractivity contribution in [1.29, 1.82) is 5.26 Å². The zero-order valence-electron chi connectivity index (χ0n) is 10.6. The second-order valence-electron chi connectivity index (χ2n) is 4.05.